The molecule has 0 aliphatic carbocycles. The topological polar surface area (TPSA) is 72.3 Å². The summed E-state index contributed by atoms with van der Waals surface area (Å²) in [5.74, 6) is 2.43. The molecule has 0 aromatic carbocycles. The summed E-state index contributed by atoms with van der Waals surface area (Å²) in [7, 11) is 0. The Hall–Kier alpha value is -1.47. The van der Waals surface area contributed by atoms with Gasteiger partial charge in [-0.3, -0.25) is 9.69 Å². The molecule has 0 saturated carbocycles. The number of piperidine rings is 1. The Bertz CT molecular complexity index is 582. The lowest BCUT2D eigenvalue weighted by Crippen LogP contribution is -2.50. The van der Waals surface area contributed by atoms with E-state index in [1.807, 2.05) is 25.5 Å². The van der Waals surface area contributed by atoms with E-state index in [4.69, 9.17) is 4.74 Å². The molecular formula is C18H31N5O2. The maximum atomic E-state index is 12.5. The molecule has 1 aromatic rings. The average Bonchev–Trinajstić information content (AvgIpc) is 3.22. The molecule has 3 rings (SSSR count). The van der Waals surface area contributed by atoms with Gasteiger partial charge in [-0.15, -0.1) is 0 Å². The van der Waals surface area contributed by atoms with Crippen LogP contribution in [-0.4, -0.2) is 64.0 Å². The summed E-state index contributed by atoms with van der Waals surface area (Å²) in [6, 6.07) is -0.0946. The predicted molar refractivity (Wildman–Crippen MR) is 95.2 cm³/mol. The third-order valence-corrected chi connectivity index (χ3v) is 5.40. The summed E-state index contributed by atoms with van der Waals surface area (Å²) < 4.78 is 7.59. The number of aryl methyl sites for hydroxylation is 2. The minimum absolute atomic E-state index is 0.0946. The number of nitrogens with one attached hydrogen (secondary N) is 1. The van der Waals surface area contributed by atoms with Crippen LogP contribution in [0, 0.1) is 19.8 Å². The zero-order valence-electron chi connectivity index (χ0n) is 15.7. The van der Waals surface area contributed by atoms with Crippen molar-refractivity contribution >= 4 is 5.91 Å². The number of aromatic nitrogens is 3. The van der Waals surface area contributed by atoms with Gasteiger partial charge in [-0.05, 0) is 58.9 Å². The Labute approximate surface area is 150 Å². The van der Waals surface area contributed by atoms with Crippen LogP contribution in [-0.2, 0) is 16.1 Å². The molecule has 140 valence electrons. The molecule has 7 nitrogen and oxygen atoms in total. The van der Waals surface area contributed by atoms with Gasteiger partial charge >= 0.3 is 0 Å². The van der Waals surface area contributed by atoms with Gasteiger partial charge in [0.2, 0.25) is 5.91 Å². The summed E-state index contributed by atoms with van der Waals surface area (Å²) in [6.45, 7) is 10.2. The number of amides is 1. The largest absolute Gasteiger partial charge is 0.376 e. The van der Waals surface area contributed by atoms with Crippen molar-refractivity contribution in [1.29, 1.82) is 0 Å². The molecular weight excluding hydrogens is 318 g/mol. The van der Waals surface area contributed by atoms with Crippen molar-refractivity contribution in [2.75, 3.05) is 26.2 Å². The van der Waals surface area contributed by atoms with Gasteiger partial charge in [0.05, 0.1) is 12.1 Å². The van der Waals surface area contributed by atoms with Crippen LogP contribution in [0.15, 0.2) is 0 Å². The molecule has 0 unspecified atom stereocenters. The van der Waals surface area contributed by atoms with Crippen molar-refractivity contribution < 1.29 is 9.53 Å². The molecule has 1 aromatic heterocycles. The summed E-state index contributed by atoms with van der Waals surface area (Å²) in [4.78, 5) is 19.2. The van der Waals surface area contributed by atoms with Crippen molar-refractivity contribution in [2.45, 2.75) is 65.1 Å². The Kier molecular flexibility index (Phi) is 6.06. The van der Waals surface area contributed by atoms with Gasteiger partial charge in [0.25, 0.3) is 0 Å². The molecule has 2 aliphatic heterocycles. The highest BCUT2D eigenvalue weighted by Gasteiger charge is 2.28. The SMILES string of the molecule is Cc1nc(C)n(C[C@@H]2CCCN([C@H](C)C(=O)NC[C@H]3CCCO3)C2)n1. The second-order valence-electron chi connectivity index (χ2n) is 7.45. The van der Waals surface area contributed by atoms with Gasteiger partial charge in [0.15, 0.2) is 0 Å². The van der Waals surface area contributed by atoms with E-state index in [9.17, 15) is 4.79 Å². The molecule has 0 spiro atoms. The third-order valence-electron chi connectivity index (χ3n) is 5.40. The third kappa shape index (κ3) is 4.79. The van der Waals surface area contributed by atoms with Crippen LogP contribution in [0.3, 0.4) is 0 Å². The monoisotopic (exact) mass is 349 g/mol. The smallest absolute Gasteiger partial charge is 0.237 e. The molecule has 2 aliphatic rings. The van der Waals surface area contributed by atoms with E-state index < -0.39 is 0 Å². The number of ether oxygens (including phenoxy) is 1. The predicted octanol–water partition coefficient (Wildman–Crippen LogP) is 1.29. The van der Waals surface area contributed by atoms with E-state index in [-0.39, 0.29) is 18.1 Å². The Balaban J connectivity index is 1.49. The molecule has 2 fully saturated rings. The van der Waals surface area contributed by atoms with E-state index in [1.165, 1.54) is 6.42 Å². The lowest BCUT2D eigenvalue weighted by Gasteiger charge is -2.36. The zero-order valence-corrected chi connectivity index (χ0v) is 15.7. The number of carbonyl (C=O) groups excluding carboxylic acids is 1. The van der Waals surface area contributed by atoms with Crippen molar-refractivity contribution in [3.63, 3.8) is 0 Å². The van der Waals surface area contributed by atoms with Crippen LogP contribution in [0.1, 0.15) is 44.3 Å². The van der Waals surface area contributed by atoms with Crippen LogP contribution in [0.5, 0.6) is 0 Å². The number of hydrogen-bond acceptors (Lipinski definition) is 5. The van der Waals surface area contributed by atoms with Crippen molar-refractivity contribution in [3.8, 4) is 0 Å². The zero-order chi connectivity index (χ0) is 17.8. The number of nitrogens with zero attached hydrogens (tertiary/aromatic N) is 4. The highest BCUT2D eigenvalue weighted by atomic mass is 16.5. The second-order valence-corrected chi connectivity index (χ2v) is 7.45. The lowest BCUT2D eigenvalue weighted by molar-refractivity contribution is -0.127. The maximum Gasteiger partial charge on any atom is 0.237 e. The Morgan fingerprint density at radius 1 is 1.36 bits per heavy atom. The van der Waals surface area contributed by atoms with E-state index in [2.05, 4.69) is 20.3 Å². The van der Waals surface area contributed by atoms with Crippen LogP contribution < -0.4 is 5.32 Å². The summed E-state index contributed by atoms with van der Waals surface area (Å²) in [5, 5.41) is 7.54. The summed E-state index contributed by atoms with van der Waals surface area (Å²) >= 11 is 0. The fourth-order valence-electron chi connectivity index (χ4n) is 3.91. The van der Waals surface area contributed by atoms with E-state index >= 15 is 0 Å². The minimum atomic E-state index is -0.0946. The van der Waals surface area contributed by atoms with Gasteiger partial charge < -0.3 is 10.1 Å². The van der Waals surface area contributed by atoms with Crippen molar-refractivity contribution in [2.24, 2.45) is 5.92 Å². The molecule has 2 saturated heterocycles. The first-order valence-electron chi connectivity index (χ1n) is 9.54. The number of rotatable bonds is 6. The molecule has 25 heavy (non-hydrogen) atoms. The molecule has 1 N–H and O–H groups in total. The van der Waals surface area contributed by atoms with E-state index in [1.54, 1.807) is 0 Å². The fourth-order valence-corrected chi connectivity index (χ4v) is 3.91. The highest BCUT2D eigenvalue weighted by Crippen LogP contribution is 2.20. The van der Waals surface area contributed by atoms with Crippen LogP contribution in [0.25, 0.3) is 0 Å². The number of hydrogen-bond donors (Lipinski definition) is 1. The molecule has 7 heteroatoms. The molecule has 0 radical (unpaired) electrons. The summed E-state index contributed by atoms with van der Waals surface area (Å²) in [6.07, 6.45) is 4.66. The van der Waals surface area contributed by atoms with E-state index in [0.717, 1.165) is 57.2 Å². The molecule has 1 amide bonds. The maximum absolute atomic E-state index is 12.5. The highest BCUT2D eigenvalue weighted by molar-refractivity contribution is 5.81. The van der Waals surface area contributed by atoms with Crippen LogP contribution in [0.4, 0.5) is 0 Å². The van der Waals surface area contributed by atoms with E-state index in [0.29, 0.717) is 12.5 Å². The molecule has 0 bridgehead atoms. The van der Waals surface area contributed by atoms with Gasteiger partial charge in [-0.1, -0.05) is 0 Å². The quantitative estimate of drug-likeness (QED) is 0.838. The first-order chi connectivity index (χ1) is 12.0. The first-order valence-corrected chi connectivity index (χ1v) is 9.54. The Morgan fingerprint density at radius 2 is 2.20 bits per heavy atom. The lowest BCUT2D eigenvalue weighted by atomic mass is 9.96. The average molecular weight is 349 g/mol. The second kappa shape index (κ2) is 8.27. The first kappa shape index (κ1) is 18.3. The van der Waals surface area contributed by atoms with Crippen LogP contribution >= 0.6 is 0 Å². The van der Waals surface area contributed by atoms with Gasteiger partial charge in [0.1, 0.15) is 11.6 Å². The van der Waals surface area contributed by atoms with Crippen molar-refractivity contribution in [3.05, 3.63) is 11.6 Å². The van der Waals surface area contributed by atoms with Crippen molar-refractivity contribution in [1.82, 2.24) is 25.0 Å². The fraction of sp³-hybridized carbons (Fsp3) is 0.833. The van der Waals surface area contributed by atoms with Crippen LogP contribution in [0.2, 0.25) is 0 Å². The molecule has 3 heterocycles. The number of carbonyl (C=O) groups is 1. The van der Waals surface area contributed by atoms with Gasteiger partial charge in [0, 0.05) is 26.2 Å². The Morgan fingerprint density at radius 3 is 2.88 bits per heavy atom. The summed E-state index contributed by atoms with van der Waals surface area (Å²) in [5.41, 5.74) is 0. The normalized spacial score (nSPS) is 25.9. The standard InChI is InChI=1S/C18H31N5O2/c1-13(18(24)19-10-17-7-5-9-25-17)22-8-4-6-16(11-22)12-23-15(3)20-14(2)21-23/h13,16-17H,4-12H2,1-3H3,(H,19,24)/t13-,16-,17-/m1/s1. The van der Waals surface area contributed by atoms with Gasteiger partial charge in [-0.2, -0.15) is 5.10 Å². The molecule has 3 atom stereocenters. The number of likely N-dealkylation sites (tertiary alicyclic amines) is 1. The van der Waals surface area contributed by atoms with Gasteiger partial charge in [-0.25, -0.2) is 9.67 Å². The minimum Gasteiger partial charge on any atom is -0.376 e.